The highest BCUT2D eigenvalue weighted by Crippen LogP contribution is 2.23. The maximum atomic E-state index is 14.0. The SMILES string of the molecule is CS(=O)(=O)N(CCCC(=O)N(Cc1ccc(Br)cc1)[C@@H](Cc1ccccc1)C(=O)NC1CCCCC1)c1ccc(F)c(F)c1. The minimum absolute atomic E-state index is 0.0284. The number of nitrogens with zero attached hydrogens (tertiary/aromatic N) is 2. The molecule has 3 aromatic carbocycles. The topological polar surface area (TPSA) is 86.8 Å². The molecule has 11 heteroatoms. The number of halogens is 3. The molecule has 44 heavy (non-hydrogen) atoms. The van der Waals surface area contributed by atoms with Crippen molar-refractivity contribution in [3.05, 3.63) is 100 Å². The fourth-order valence-corrected chi connectivity index (χ4v) is 6.75. The minimum Gasteiger partial charge on any atom is -0.352 e. The highest BCUT2D eigenvalue weighted by Gasteiger charge is 2.32. The van der Waals surface area contributed by atoms with E-state index in [1.54, 1.807) is 4.90 Å². The molecule has 0 unspecified atom stereocenters. The van der Waals surface area contributed by atoms with Crippen molar-refractivity contribution in [2.24, 2.45) is 0 Å². The summed E-state index contributed by atoms with van der Waals surface area (Å²) in [5.41, 5.74) is 1.72. The molecule has 1 N–H and O–H groups in total. The zero-order valence-electron chi connectivity index (χ0n) is 24.7. The van der Waals surface area contributed by atoms with Crippen molar-refractivity contribution in [3.63, 3.8) is 0 Å². The lowest BCUT2D eigenvalue weighted by Gasteiger charge is -2.34. The molecule has 4 rings (SSSR count). The van der Waals surface area contributed by atoms with Crippen LogP contribution in [-0.2, 0) is 32.6 Å². The average Bonchev–Trinajstić information content (AvgIpc) is 3.00. The molecule has 0 heterocycles. The van der Waals surface area contributed by atoms with Gasteiger partial charge in [0.1, 0.15) is 6.04 Å². The fourth-order valence-electron chi connectivity index (χ4n) is 5.53. The number of amides is 2. The molecule has 1 saturated carbocycles. The third-order valence-corrected chi connectivity index (χ3v) is 9.55. The Bertz CT molecular complexity index is 1520. The second kappa shape index (κ2) is 15.6. The molecular weight excluding hydrogens is 652 g/mol. The smallest absolute Gasteiger partial charge is 0.243 e. The fraction of sp³-hybridized carbons (Fsp3) is 0.394. The summed E-state index contributed by atoms with van der Waals surface area (Å²) < 4.78 is 54.4. The van der Waals surface area contributed by atoms with Gasteiger partial charge in [0.2, 0.25) is 21.8 Å². The normalized spacial score (nSPS) is 14.5. The summed E-state index contributed by atoms with van der Waals surface area (Å²) in [5, 5.41) is 3.20. The van der Waals surface area contributed by atoms with Crippen LogP contribution in [0.2, 0.25) is 0 Å². The van der Waals surface area contributed by atoms with Crippen molar-refractivity contribution in [3.8, 4) is 0 Å². The van der Waals surface area contributed by atoms with E-state index in [1.807, 2.05) is 54.6 Å². The van der Waals surface area contributed by atoms with Crippen LogP contribution >= 0.6 is 15.9 Å². The van der Waals surface area contributed by atoms with E-state index in [-0.39, 0.29) is 49.5 Å². The Labute approximate surface area is 266 Å². The number of nitrogens with one attached hydrogen (secondary N) is 1. The van der Waals surface area contributed by atoms with Crippen LogP contribution in [0.1, 0.15) is 56.1 Å². The number of carbonyl (C=O) groups excluding carboxylic acids is 2. The molecule has 1 atom stereocenters. The molecule has 1 aliphatic carbocycles. The molecule has 0 radical (unpaired) electrons. The summed E-state index contributed by atoms with van der Waals surface area (Å²) in [6, 6.07) is 19.2. The summed E-state index contributed by atoms with van der Waals surface area (Å²) in [6.07, 6.45) is 6.36. The Morgan fingerprint density at radius 1 is 0.932 bits per heavy atom. The number of hydrogen-bond donors (Lipinski definition) is 1. The zero-order chi connectivity index (χ0) is 31.7. The van der Waals surface area contributed by atoms with E-state index >= 15 is 0 Å². The molecule has 1 fully saturated rings. The van der Waals surface area contributed by atoms with Gasteiger partial charge < -0.3 is 10.2 Å². The van der Waals surface area contributed by atoms with E-state index in [0.29, 0.717) is 6.42 Å². The third kappa shape index (κ3) is 9.59. The summed E-state index contributed by atoms with van der Waals surface area (Å²) in [4.78, 5) is 29.4. The van der Waals surface area contributed by atoms with Crippen LogP contribution in [0.25, 0.3) is 0 Å². The molecule has 3 aromatic rings. The largest absolute Gasteiger partial charge is 0.352 e. The maximum Gasteiger partial charge on any atom is 0.243 e. The molecule has 2 amide bonds. The Balaban J connectivity index is 1.59. The van der Waals surface area contributed by atoms with E-state index in [4.69, 9.17) is 0 Å². The molecule has 236 valence electrons. The number of rotatable bonds is 13. The Kier molecular flexibility index (Phi) is 11.9. The highest BCUT2D eigenvalue weighted by molar-refractivity contribution is 9.10. The van der Waals surface area contributed by atoms with Crippen LogP contribution in [0.4, 0.5) is 14.5 Å². The molecule has 1 aliphatic rings. The molecule has 0 spiro atoms. The Morgan fingerprint density at radius 2 is 1.61 bits per heavy atom. The summed E-state index contributed by atoms with van der Waals surface area (Å²) in [5.74, 6) is -2.78. The van der Waals surface area contributed by atoms with Gasteiger partial charge in [0.25, 0.3) is 0 Å². The third-order valence-electron chi connectivity index (χ3n) is 7.83. The van der Waals surface area contributed by atoms with Crippen LogP contribution in [0.3, 0.4) is 0 Å². The first-order chi connectivity index (χ1) is 21.0. The van der Waals surface area contributed by atoms with Crippen LogP contribution in [0.15, 0.2) is 77.3 Å². The second-order valence-corrected chi connectivity index (χ2v) is 14.1. The average molecular weight is 691 g/mol. The Hall–Kier alpha value is -3.31. The number of benzene rings is 3. The summed E-state index contributed by atoms with van der Waals surface area (Å²) in [6.45, 7) is 0.0556. The molecule has 0 saturated heterocycles. The van der Waals surface area contributed by atoms with Crippen molar-refractivity contribution in [2.75, 3.05) is 17.1 Å². The maximum absolute atomic E-state index is 14.0. The molecular formula is C33H38BrF2N3O4S. The van der Waals surface area contributed by atoms with Gasteiger partial charge in [0, 0.05) is 42.5 Å². The quantitative estimate of drug-likeness (QED) is 0.226. The monoisotopic (exact) mass is 689 g/mol. The van der Waals surface area contributed by atoms with Crippen LogP contribution in [0.5, 0.6) is 0 Å². The zero-order valence-corrected chi connectivity index (χ0v) is 27.1. The van der Waals surface area contributed by atoms with Gasteiger partial charge in [-0.2, -0.15) is 0 Å². The van der Waals surface area contributed by atoms with Crippen molar-refractivity contribution in [1.82, 2.24) is 10.2 Å². The lowest BCUT2D eigenvalue weighted by molar-refractivity contribution is -0.141. The predicted octanol–water partition coefficient (Wildman–Crippen LogP) is 6.36. The van der Waals surface area contributed by atoms with Gasteiger partial charge in [-0.3, -0.25) is 13.9 Å². The first-order valence-electron chi connectivity index (χ1n) is 14.8. The number of sulfonamides is 1. The molecule has 7 nitrogen and oxygen atoms in total. The van der Waals surface area contributed by atoms with Crippen molar-refractivity contribution < 1.29 is 26.8 Å². The molecule has 0 aromatic heterocycles. The van der Waals surface area contributed by atoms with Gasteiger partial charge in [0.15, 0.2) is 11.6 Å². The van der Waals surface area contributed by atoms with Gasteiger partial charge in [-0.25, -0.2) is 17.2 Å². The van der Waals surface area contributed by atoms with E-state index < -0.39 is 27.7 Å². The van der Waals surface area contributed by atoms with Gasteiger partial charge in [-0.05, 0) is 54.7 Å². The minimum atomic E-state index is -3.85. The second-order valence-electron chi connectivity index (χ2n) is 11.2. The first kappa shape index (κ1) is 33.6. The van der Waals surface area contributed by atoms with E-state index in [9.17, 15) is 26.8 Å². The lowest BCUT2D eigenvalue weighted by Crippen LogP contribution is -2.52. The van der Waals surface area contributed by atoms with E-state index in [0.717, 1.165) is 70.4 Å². The van der Waals surface area contributed by atoms with Crippen molar-refractivity contribution in [1.29, 1.82) is 0 Å². The lowest BCUT2D eigenvalue weighted by atomic mass is 9.94. The number of anilines is 1. The van der Waals surface area contributed by atoms with Gasteiger partial charge >= 0.3 is 0 Å². The summed E-state index contributed by atoms with van der Waals surface area (Å²) in [7, 11) is -3.85. The molecule has 0 aliphatic heterocycles. The number of carbonyl (C=O) groups is 2. The van der Waals surface area contributed by atoms with Gasteiger partial charge in [0.05, 0.1) is 11.9 Å². The number of hydrogen-bond acceptors (Lipinski definition) is 4. The molecule has 0 bridgehead atoms. The van der Waals surface area contributed by atoms with Gasteiger partial charge in [-0.15, -0.1) is 0 Å². The predicted molar refractivity (Wildman–Crippen MR) is 171 cm³/mol. The standard InChI is InChI=1S/C33H38BrF2N3O4S/c1-44(42,43)39(28-18-19-29(35)30(36)22-28)20-8-13-32(40)38(23-25-14-16-26(34)17-15-25)31(21-24-9-4-2-5-10-24)33(41)37-27-11-6-3-7-12-27/h2,4-5,9-10,14-19,22,27,31H,3,6-8,11-13,20-21,23H2,1H3,(H,37,41)/t31-/m0/s1. The van der Waals surface area contributed by atoms with E-state index in [1.165, 1.54) is 6.07 Å². The van der Waals surface area contributed by atoms with Gasteiger partial charge in [-0.1, -0.05) is 77.7 Å². The van der Waals surface area contributed by atoms with Crippen LogP contribution < -0.4 is 9.62 Å². The Morgan fingerprint density at radius 3 is 2.25 bits per heavy atom. The van der Waals surface area contributed by atoms with Crippen molar-refractivity contribution in [2.45, 2.75) is 70.0 Å². The summed E-state index contributed by atoms with van der Waals surface area (Å²) >= 11 is 3.44. The van der Waals surface area contributed by atoms with Crippen LogP contribution in [0, 0.1) is 11.6 Å². The van der Waals surface area contributed by atoms with E-state index in [2.05, 4.69) is 21.2 Å². The van der Waals surface area contributed by atoms with Crippen LogP contribution in [-0.4, -0.2) is 50.0 Å². The first-order valence-corrected chi connectivity index (χ1v) is 17.5. The van der Waals surface area contributed by atoms with Crippen molar-refractivity contribution >= 4 is 43.5 Å². The highest BCUT2D eigenvalue weighted by atomic mass is 79.9.